The van der Waals surface area contributed by atoms with Gasteiger partial charge in [-0.05, 0) is 36.9 Å². The first kappa shape index (κ1) is 19.1. The fourth-order valence-corrected chi connectivity index (χ4v) is 5.48. The Morgan fingerprint density at radius 3 is 2.67 bits per heavy atom. The fraction of sp³-hybridized carbons (Fsp3) is 0.737. The smallest absolute Gasteiger partial charge is 0.211 e. The largest absolute Gasteiger partial charge is 0.378 e. The maximum Gasteiger partial charge on any atom is 0.211 e. The van der Waals surface area contributed by atoms with Gasteiger partial charge in [0.2, 0.25) is 10.0 Å². The molecule has 150 valence electrons. The summed E-state index contributed by atoms with van der Waals surface area (Å²) >= 11 is 0. The minimum Gasteiger partial charge on any atom is -0.378 e. The van der Waals surface area contributed by atoms with E-state index in [1.807, 2.05) is 6.20 Å². The van der Waals surface area contributed by atoms with Gasteiger partial charge in [0.25, 0.3) is 0 Å². The molecule has 3 fully saturated rings. The summed E-state index contributed by atoms with van der Waals surface area (Å²) in [6, 6.07) is 4.59. The van der Waals surface area contributed by atoms with Gasteiger partial charge in [-0.1, -0.05) is 12.5 Å². The standard InChI is InChI=1S/C19H30N4O3S/c1-27(24,25)23-14-17-4-2-3-7-22(18(17)15-23)13-16-5-6-19(20-12-16)21-8-10-26-11-9-21/h5-6,12,17-18H,2-4,7-11,13-15H2,1H3/t17-,18+/m0/s1. The number of morpholine rings is 1. The minimum absolute atomic E-state index is 0.321. The molecule has 8 heteroatoms. The first-order valence-electron chi connectivity index (χ1n) is 9.97. The number of hydrogen-bond acceptors (Lipinski definition) is 6. The van der Waals surface area contributed by atoms with E-state index >= 15 is 0 Å². The van der Waals surface area contributed by atoms with E-state index in [0.717, 1.165) is 51.6 Å². The number of fused-ring (bicyclic) bond motifs is 1. The molecule has 0 aliphatic carbocycles. The van der Waals surface area contributed by atoms with Crippen molar-refractivity contribution >= 4 is 15.8 Å². The summed E-state index contributed by atoms with van der Waals surface area (Å²) in [7, 11) is -3.11. The highest BCUT2D eigenvalue weighted by Crippen LogP contribution is 2.32. The fourth-order valence-electron chi connectivity index (χ4n) is 4.59. The number of hydrogen-bond donors (Lipinski definition) is 0. The van der Waals surface area contributed by atoms with E-state index < -0.39 is 10.0 Å². The number of nitrogens with zero attached hydrogens (tertiary/aromatic N) is 4. The van der Waals surface area contributed by atoms with Crippen molar-refractivity contribution in [2.75, 3.05) is 57.1 Å². The van der Waals surface area contributed by atoms with Crippen LogP contribution in [0.1, 0.15) is 24.8 Å². The molecule has 0 N–H and O–H groups in total. The van der Waals surface area contributed by atoms with Crippen molar-refractivity contribution in [1.82, 2.24) is 14.2 Å². The zero-order valence-corrected chi connectivity index (χ0v) is 16.9. The number of anilines is 1. The molecule has 0 unspecified atom stereocenters. The van der Waals surface area contributed by atoms with Gasteiger partial charge in [0.05, 0.1) is 19.5 Å². The molecule has 4 heterocycles. The molecule has 3 saturated heterocycles. The molecule has 27 heavy (non-hydrogen) atoms. The maximum atomic E-state index is 12.0. The summed E-state index contributed by atoms with van der Waals surface area (Å²) in [5, 5.41) is 0. The molecule has 3 aliphatic rings. The molecule has 0 saturated carbocycles. The summed E-state index contributed by atoms with van der Waals surface area (Å²) in [5.41, 5.74) is 1.20. The van der Waals surface area contributed by atoms with Crippen LogP contribution in [0.4, 0.5) is 5.82 Å². The van der Waals surface area contributed by atoms with Crippen LogP contribution in [0.25, 0.3) is 0 Å². The van der Waals surface area contributed by atoms with E-state index in [0.29, 0.717) is 25.0 Å². The third-order valence-electron chi connectivity index (χ3n) is 6.11. The second-order valence-corrected chi connectivity index (χ2v) is 9.98. The third-order valence-corrected chi connectivity index (χ3v) is 7.35. The van der Waals surface area contributed by atoms with Crippen LogP contribution >= 0.6 is 0 Å². The van der Waals surface area contributed by atoms with Gasteiger partial charge in [-0.15, -0.1) is 0 Å². The summed E-state index contributed by atoms with van der Waals surface area (Å²) in [5.74, 6) is 1.46. The lowest BCUT2D eigenvalue weighted by molar-refractivity contribution is 0.122. The molecular weight excluding hydrogens is 364 g/mol. The second-order valence-electron chi connectivity index (χ2n) is 8.00. The van der Waals surface area contributed by atoms with Crippen molar-refractivity contribution in [3.8, 4) is 0 Å². The van der Waals surface area contributed by atoms with Gasteiger partial charge in [-0.3, -0.25) is 4.90 Å². The monoisotopic (exact) mass is 394 g/mol. The van der Waals surface area contributed by atoms with Crippen LogP contribution in [0.2, 0.25) is 0 Å². The van der Waals surface area contributed by atoms with Gasteiger partial charge in [0.15, 0.2) is 0 Å². The average molecular weight is 395 g/mol. The number of sulfonamides is 1. The highest BCUT2D eigenvalue weighted by molar-refractivity contribution is 7.88. The lowest BCUT2D eigenvalue weighted by Gasteiger charge is -2.30. The molecule has 1 aromatic rings. The molecular formula is C19H30N4O3S. The summed E-state index contributed by atoms with van der Waals surface area (Å²) in [6.45, 7) is 6.48. The first-order valence-corrected chi connectivity index (χ1v) is 11.8. The highest BCUT2D eigenvalue weighted by atomic mass is 32.2. The number of pyridine rings is 1. The van der Waals surface area contributed by atoms with E-state index in [1.54, 1.807) is 4.31 Å². The molecule has 1 aromatic heterocycles. The lowest BCUT2D eigenvalue weighted by atomic mass is 9.98. The van der Waals surface area contributed by atoms with Gasteiger partial charge in [-0.2, -0.15) is 0 Å². The Bertz CT molecular complexity index is 734. The minimum atomic E-state index is -3.11. The van der Waals surface area contributed by atoms with Gasteiger partial charge in [0.1, 0.15) is 5.82 Å². The van der Waals surface area contributed by atoms with Crippen LogP contribution in [-0.2, 0) is 21.3 Å². The van der Waals surface area contributed by atoms with Crippen molar-refractivity contribution in [3.05, 3.63) is 23.9 Å². The number of likely N-dealkylation sites (tertiary alicyclic amines) is 1. The van der Waals surface area contributed by atoms with Crippen LogP contribution in [0.3, 0.4) is 0 Å². The molecule has 0 aromatic carbocycles. The Labute approximate surface area is 162 Å². The van der Waals surface area contributed by atoms with E-state index in [4.69, 9.17) is 4.74 Å². The van der Waals surface area contributed by atoms with E-state index in [1.165, 1.54) is 24.7 Å². The Morgan fingerprint density at radius 2 is 1.96 bits per heavy atom. The molecule has 2 atom stereocenters. The van der Waals surface area contributed by atoms with E-state index in [-0.39, 0.29) is 0 Å². The lowest BCUT2D eigenvalue weighted by Crippen LogP contribution is -2.40. The third kappa shape index (κ3) is 4.45. The van der Waals surface area contributed by atoms with Gasteiger partial charge < -0.3 is 9.64 Å². The maximum absolute atomic E-state index is 12.0. The van der Waals surface area contributed by atoms with Crippen molar-refractivity contribution in [2.24, 2.45) is 5.92 Å². The predicted octanol–water partition coefficient (Wildman–Crippen LogP) is 1.16. The second kappa shape index (κ2) is 8.03. The van der Waals surface area contributed by atoms with Crippen molar-refractivity contribution < 1.29 is 13.2 Å². The molecule has 3 aliphatic heterocycles. The van der Waals surface area contributed by atoms with Gasteiger partial charge in [0, 0.05) is 45.0 Å². The molecule has 0 radical (unpaired) electrons. The van der Waals surface area contributed by atoms with Crippen LogP contribution in [-0.4, -0.2) is 80.8 Å². The Morgan fingerprint density at radius 1 is 1.15 bits per heavy atom. The van der Waals surface area contributed by atoms with Crippen LogP contribution in [0, 0.1) is 5.92 Å². The Hall–Kier alpha value is -1.22. The van der Waals surface area contributed by atoms with Crippen molar-refractivity contribution in [3.63, 3.8) is 0 Å². The Kier molecular flexibility index (Phi) is 5.68. The summed E-state index contributed by atoms with van der Waals surface area (Å²) < 4.78 is 31.1. The predicted molar refractivity (Wildman–Crippen MR) is 105 cm³/mol. The quantitative estimate of drug-likeness (QED) is 0.764. The topological polar surface area (TPSA) is 66.0 Å². The van der Waals surface area contributed by atoms with E-state index in [9.17, 15) is 8.42 Å². The van der Waals surface area contributed by atoms with Crippen LogP contribution in [0.5, 0.6) is 0 Å². The van der Waals surface area contributed by atoms with Gasteiger partial charge >= 0.3 is 0 Å². The number of ether oxygens (including phenoxy) is 1. The van der Waals surface area contributed by atoms with Gasteiger partial charge in [-0.25, -0.2) is 17.7 Å². The molecule has 7 nitrogen and oxygen atoms in total. The SMILES string of the molecule is CS(=O)(=O)N1C[C@@H]2CCCCN(Cc3ccc(N4CCOCC4)nc3)[C@@H]2C1. The van der Waals surface area contributed by atoms with Crippen LogP contribution in [0.15, 0.2) is 18.3 Å². The summed E-state index contributed by atoms with van der Waals surface area (Å²) in [4.78, 5) is 9.41. The summed E-state index contributed by atoms with van der Waals surface area (Å²) in [6.07, 6.45) is 6.81. The normalized spacial score (nSPS) is 28.1. The number of rotatable bonds is 4. The molecule has 0 amide bonds. The zero-order chi connectivity index (χ0) is 18.9. The average Bonchev–Trinajstić information content (AvgIpc) is 3.02. The molecule has 0 spiro atoms. The van der Waals surface area contributed by atoms with Crippen molar-refractivity contribution in [2.45, 2.75) is 31.8 Å². The van der Waals surface area contributed by atoms with Crippen LogP contribution < -0.4 is 4.90 Å². The van der Waals surface area contributed by atoms with E-state index in [2.05, 4.69) is 26.9 Å². The Balaban J connectivity index is 1.44. The number of aromatic nitrogens is 1. The highest BCUT2D eigenvalue weighted by Gasteiger charge is 2.40. The first-order chi connectivity index (χ1) is 13.0. The van der Waals surface area contributed by atoms with Crippen molar-refractivity contribution in [1.29, 1.82) is 0 Å². The molecule has 0 bridgehead atoms. The zero-order valence-electron chi connectivity index (χ0n) is 16.1. The molecule has 4 rings (SSSR count).